The van der Waals surface area contributed by atoms with Gasteiger partial charge in [-0.05, 0) is 48.7 Å². The van der Waals surface area contributed by atoms with E-state index >= 15 is 0 Å². The number of primary amides is 1. The van der Waals surface area contributed by atoms with E-state index in [1.165, 1.54) is 10.6 Å². The minimum Gasteiger partial charge on any atom is -0.371 e. The molecule has 13 heteroatoms. The number of carbonyl (C=O) groups excluding carboxylic acids is 1. The van der Waals surface area contributed by atoms with E-state index in [0.717, 1.165) is 48.4 Å². The Bertz CT molecular complexity index is 1440. The number of urea groups is 1. The molecule has 0 radical (unpaired) electrons. The highest BCUT2D eigenvalue weighted by atomic mass is 32.2. The number of nitrogens with one attached hydrogen (secondary N) is 1. The van der Waals surface area contributed by atoms with Gasteiger partial charge in [0.1, 0.15) is 5.52 Å². The summed E-state index contributed by atoms with van der Waals surface area (Å²) < 4.78 is 33.2. The molecule has 3 fully saturated rings. The van der Waals surface area contributed by atoms with Crippen molar-refractivity contribution in [1.82, 2.24) is 23.8 Å². The molecule has 3 saturated heterocycles. The van der Waals surface area contributed by atoms with Crippen LogP contribution in [0.2, 0.25) is 0 Å². The van der Waals surface area contributed by atoms with Gasteiger partial charge in [-0.15, -0.1) is 5.10 Å². The van der Waals surface area contributed by atoms with Gasteiger partial charge in [-0.25, -0.2) is 22.7 Å². The maximum atomic E-state index is 11.9. The lowest BCUT2D eigenvalue weighted by molar-refractivity contribution is 0.0303. The van der Waals surface area contributed by atoms with E-state index in [1.54, 1.807) is 12.1 Å². The molecule has 2 bridgehead atoms. The third-order valence-electron chi connectivity index (χ3n) is 7.46. The zero-order valence-electron chi connectivity index (χ0n) is 21.3. The first kappa shape index (κ1) is 25.0. The quantitative estimate of drug-likeness (QED) is 0.478. The number of sulfonamides is 1. The topological polar surface area (TPSA) is 138 Å². The molecule has 12 nitrogen and oxygen atoms in total. The number of aromatic nitrogens is 3. The number of morpholine rings is 1. The molecule has 3 aromatic rings. The van der Waals surface area contributed by atoms with Crippen LogP contribution in [-0.2, 0) is 21.3 Å². The van der Waals surface area contributed by atoms with Crippen molar-refractivity contribution in [3.8, 4) is 11.4 Å². The van der Waals surface area contributed by atoms with Crippen LogP contribution in [0.4, 0.5) is 16.3 Å². The van der Waals surface area contributed by atoms with Crippen LogP contribution in [-0.4, -0.2) is 96.0 Å². The average Bonchev–Trinajstić information content (AvgIpc) is 3.44. The molecule has 3 aliphatic heterocycles. The summed E-state index contributed by atoms with van der Waals surface area (Å²) in [5.41, 5.74) is 8.70. The summed E-state index contributed by atoms with van der Waals surface area (Å²) in [4.78, 5) is 20.8. The maximum absolute atomic E-state index is 11.9. The number of fused-ring (bicyclic) bond motifs is 3. The molecule has 3 N–H and O–H groups in total. The van der Waals surface area contributed by atoms with Crippen molar-refractivity contribution in [3.05, 3.63) is 42.1 Å². The van der Waals surface area contributed by atoms with E-state index in [2.05, 4.69) is 21.2 Å². The molecule has 3 aliphatic rings. The van der Waals surface area contributed by atoms with E-state index < -0.39 is 16.1 Å². The number of benzene rings is 1. The summed E-state index contributed by atoms with van der Waals surface area (Å²) in [6.45, 7) is 4.65. The monoisotopic (exact) mass is 540 g/mol. The largest absolute Gasteiger partial charge is 0.371 e. The summed E-state index contributed by atoms with van der Waals surface area (Å²) in [7, 11) is -3.16. The predicted molar refractivity (Wildman–Crippen MR) is 143 cm³/mol. The second kappa shape index (κ2) is 9.80. The molecule has 2 atom stereocenters. The second-order valence-electron chi connectivity index (χ2n) is 10.3. The van der Waals surface area contributed by atoms with Crippen LogP contribution in [0.5, 0.6) is 0 Å². The lowest BCUT2D eigenvalue weighted by Crippen LogP contribution is -2.47. The minimum absolute atomic E-state index is 0.215. The Balaban J connectivity index is 1.31. The van der Waals surface area contributed by atoms with Crippen molar-refractivity contribution in [2.75, 3.05) is 55.7 Å². The van der Waals surface area contributed by atoms with Gasteiger partial charge in [-0.2, -0.15) is 4.31 Å². The normalized spacial score (nSPS) is 22.7. The first-order valence-electron chi connectivity index (χ1n) is 12.9. The van der Waals surface area contributed by atoms with Gasteiger partial charge in [-0.3, -0.25) is 4.90 Å². The van der Waals surface area contributed by atoms with Crippen LogP contribution in [0, 0.1) is 0 Å². The molecular formula is C25H32N8O4S. The first-order chi connectivity index (χ1) is 18.2. The van der Waals surface area contributed by atoms with Crippen molar-refractivity contribution in [2.45, 2.75) is 31.6 Å². The van der Waals surface area contributed by atoms with E-state index in [9.17, 15) is 13.2 Å². The van der Waals surface area contributed by atoms with Crippen molar-refractivity contribution < 1.29 is 17.9 Å². The standard InChI is InChI=1S/C25H32N8O4S/c1-38(35,36)32-10-8-30(9-11-32)13-17-12-22-24(31-15-20-6-7-21(16-31)37-20)28-23(29-33(22)14-17)18-2-4-19(5-3-18)27-25(26)34/h2-5,12,14,20-21H,6-11,13,15-16H2,1H3,(H3,26,27,34). The molecule has 6 rings (SSSR count). The Morgan fingerprint density at radius 3 is 2.42 bits per heavy atom. The van der Waals surface area contributed by atoms with E-state index in [0.29, 0.717) is 44.2 Å². The van der Waals surface area contributed by atoms with Crippen LogP contribution in [0.3, 0.4) is 0 Å². The number of anilines is 2. The fourth-order valence-electron chi connectivity index (χ4n) is 5.59. The second-order valence-corrected chi connectivity index (χ2v) is 12.3. The number of ether oxygens (including phenoxy) is 1. The number of hydrogen-bond donors (Lipinski definition) is 2. The zero-order valence-corrected chi connectivity index (χ0v) is 22.1. The summed E-state index contributed by atoms with van der Waals surface area (Å²) in [5.74, 6) is 1.46. The van der Waals surface area contributed by atoms with E-state index in [-0.39, 0.29) is 12.2 Å². The van der Waals surface area contributed by atoms with Gasteiger partial charge in [0.15, 0.2) is 11.6 Å². The molecule has 0 saturated carbocycles. The highest BCUT2D eigenvalue weighted by Crippen LogP contribution is 2.32. The predicted octanol–water partition coefficient (Wildman–Crippen LogP) is 1.33. The average molecular weight is 541 g/mol. The van der Waals surface area contributed by atoms with Crippen LogP contribution < -0.4 is 16.0 Å². The molecule has 2 aromatic heterocycles. The lowest BCUT2D eigenvalue weighted by atomic mass is 10.2. The SMILES string of the molecule is CS(=O)(=O)N1CCN(Cc2cc3c(N4CC5CCC(C4)O5)nc(-c4ccc(NC(N)=O)cc4)nn3c2)CC1. The van der Waals surface area contributed by atoms with Crippen molar-refractivity contribution >= 4 is 33.1 Å². The summed E-state index contributed by atoms with van der Waals surface area (Å²) >= 11 is 0. The molecule has 202 valence electrons. The number of nitrogens with two attached hydrogens (primary N) is 1. The molecule has 0 spiro atoms. The zero-order chi connectivity index (χ0) is 26.4. The van der Waals surface area contributed by atoms with Gasteiger partial charge in [0.25, 0.3) is 0 Å². The molecule has 1 aromatic carbocycles. The first-order valence-corrected chi connectivity index (χ1v) is 14.7. The Kier molecular flexibility index (Phi) is 6.46. The van der Waals surface area contributed by atoms with Crippen molar-refractivity contribution in [1.29, 1.82) is 0 Å². The summed E-state index contributed by atoms with van der Waals surface area (Å²) in [5, 5.41) is 7.41. The third-order valence-corrected chi connectivity index (χ3v) is 8.76. The molecule has 2 unspecified atom stereocenters. The van der Waals surface area contributed by atoms with Crippen molar-refractivity contribution in [2.24, 2.45) is 5.73 Å². The van der Waals surface area contributed by atoms with Crippen LogP contribution >= 0.6 is 0 Å². The number of nitrogens with zero attached hydrogens (tertiary/aromatic N) is 6. The lowest BCUT2D eigenvalue weighted by Gasteiger charge is -2.33. The minimum atomic E-state index is -3.16. The Morgan fingerprint density at radius 2 is 1.79 bits per heavy atom. The molecule has 2 amide bonds. The molecular weight excluding hydrogens is 508 g/mol. The van der Waals surface area contributed by atoms with Gasteiger partial charge in [-0.1, -0.05) is 0 Å². The van der Waals surface area contributed by atoms with Gasteiger partial charge >= 0.3 is 6.03 Å². The summed E-state index contributed by atoms with van der Waals surface area (Å²) in [6.07, 6.45) is 5.86. The van der Waals surface area contributed by atoms with Gasteiger partial charge in [0.2, 0.25) is 10.0 Å². The Labute approximate surface area is 221 Å². The highest BCUT2D eigenvalue weighted by Gasteiger charge is 2.35. The fraction of sp³-hybridized carbons (Fsp3) is 0.480. The van der Waals surface area contributed by atoms with Crippen LogP contribution in [0.15, 0.2) is 36.5 Å². The molecule has 0 aliphatic carbocycles. The fourth-order valence-corrected chi connectivity index (χ4v) is 6.42. The van der Waals surface area contributed by atoms with Crippen LogP contribution in [0.1, 0.15) is 18.4 Å². The number of piperazine rings is 1. The number of rotatable bonds is 6. The smallest absolute Gasteiger partial charge is 0.316 e. The maximum Gasteiger partial charge on any atom is 0.316 e. The Hall–Kier alpha value is -3.26. The van der Waals surface area contributed by atoms with Crippen LogP contribution in [0.25, 0.3) is 16.9 Å². The van der Waals surface area contributed by atoms with Gasteiger partial charge < -0.3 is 20.7 Å². The summed E-state index contributed by atoms with van der Waals surface area (Å²) in [6, 6.07) is 8.81. The molecule has 38 heavy (non-hydrogen) atoms. The highest BCUT2D eigenvalue weighted by molar-refractivity contribution is 7.88. The van der Waals surface area contributed by atoms with E-state index in [4.69, 9.17) is 20.6 Å². The van der Waals surface area contributed by atoms with Gasteiger partial charge in [0, 0.05) is 63.3 Å². The van der Waals surface area contributed by atoms with Gasteiger partial charge in [0.05, 0.1) is 18.5 Å². The Morgan fingerprint density at radius 1 is 1.11 bits per heavy atom. The molecule has 5 heterocycles. The van der Waals surface area contributed by atoms with Crippen molar-refractivity contribution in [3.63, 3.8) is 0 Å². The number of hydrogen-bond acceptors (Lipinski definition) is 8. The number of amides is 2. The number of carbonyl (C=O) groups is 1. The van der Waals surface area contributed by atoms with E-state index in [1.807, 2.05) is 22.8 Å². The third kappa shape index (κ3) is 5.19.